The molecule has 70 heavy (non-hydrogen) atoms. The van der Waals surface area contributed by atoms with Crippen LogP contribution in [0.1, 0.15) is 63.1 Å². The van der Waals surface area contributed by atoms with Gasteiger partial charge in [0.15, 0.2) is 0 Å². The van der Waals surface area contributed by atoms with Crippen molar-refractivity contribution in [2.45, 2.75) is 102 Å². The van der Waals surface area contributed by atoms with Crippen molar-refractivity contribution in [2.24, 2.45) is 11.5 Å². The lowest BCUT2D eigenvalue weighted by atomic mass is 10.0. The summed E-state index contributed by atoms with van der Waals surface area (Å²) >= 11 is 0. The summed E-state index contributed by atoms with van der Waals surface area (Å²) < 4.78 is 0. The average molecular weight is 957 g/mol. The zero-order valence-corrected chi connectivity index (χ0v) is 39.8. The van der Waals surface area contributed by atoms with E-state index in [9.17, 15) is 33.6 Å². The highest BCUT2D eigenvalue weighted by Crippen LogP contribution is 2.21. The van der Waals surface area contributed by atoms with Crippen molar-refractivity contribution in [1.82, 2.24) is 51.9 Å². The summed E-state index contributed by atoms with van der Waals surface area (Å²) in [5.74, 6) is 1.81. The number of carbonyl (C=O) groups excluding carboxylic acids is 7. The fourth-order valence-electron chi connectivity index (χ4n) is 8.22. The number of carbonyl (C=O) groups is 7. The number of fused-ring (bicyclic) bond motifs is 2. The third-order valence-corrected chi connectivity index (χ3v) is 12.1. The lowest BCUT2D eigenvalue weighted by Gasteiger charge is -2.27. The highest BCUT2D eigenvalue weighted by molar-refractivity contribution is 5.97. The molecule has 0 fully saturated rings. The number of urea groups is 1. The number of primary amides is 1. The number of hydrogen-bond acceptors (Lipinski definition) is 9. The maximum Gasteiger partial charge on any atom is 0.337 e. The molecule has 2 aromatic heterocycles. The van der Waals surface area contributed by atoms with Crippen LogP contribution in [0.2, 0.25) is 0 Å². The maximum atomic E-state index is 14.6. The second-order valence-electron chi connectivity index (χ2n) is 17.6. The highest BCUT2D eigenvalue weighted by atomic mass is 16.2. The quantitative estimate of drug-likeness (QED) is 0.0863. The predicted molar refractivity (Wildman–Crippen MR) is 266 cm³/mol. The first-order chi connectivity index (χ1) is 33.7. The van der Waals surface area contributed by atoms with Crippen molar-refractivity contribution in [3.63, 3.8) is 0 Å². The Hall–Kier alpha value is -7.69. The summed E-state index contributed by atoms with van der Waals surface area (Å²) in [7, 11) is 0. The highest BCUT2D eigenvalue weighted by Gasteiger charge is 2.33. The van der Waals surface area contributed by atoms with Crippen molar-refractivity contribution in [2.75, 3.05) is 26.2 Å². The number of nitrogens with zero attached hydrogens (tertiary/aromatic N) is 2. The Labute approximate surface area is 407 Å². The zero-order valence-electron chi connectivity index (χ0n) is 39.8. The van der Waals surface area contributed by atoms with Gasteiger partial charge in [-0.25, -0.2) is 9.80 Å². The summed E-state index contributed by atoms with van der Waals surface area (Å²) in [4.78, 5) is 106. The van der Waals surface area contributed by atoms with Gasteiger partial charge in [-0.2, -0.15) is 0 Å². The number of H-pyrrole nitrogens is 2. The monoisotopic (exact) mass is 957 g/mol. The molecule has 19 nitrogen and oxygen atoms in total. The minimum Gasteiger partial charge on any atom is -0.368 e. The molecule has 0 saturated carbocycles. The molecular formula is C51H64N12O7. The number of nitrogens with one attached hydrogen (secondary N) is 8. The van der Waals surface area contributed by atoms with Crippen molar-refractivity contribution in [3.8, 4) is 11.8 Å². The third kappa shape index (κ3) is 14.4. The first kappa shape index (κ1) is 51.7. The molecule has 8 amide bonds. The van der Waals surface area contributed by atoms with Gasteiger partial charge in [-0.3, -0.25) is 39.1 Å². The van der Waals surface area contributed by atoms with Gasteiger partial charge in [0.2, 0.25) is 29.5 Å². The number of aromatic nitrogens is 2. The number of para-hydroxylation sites is 2. The van der Waals surface area contributed by atoms with Crippen LogP contribution in [0, 0.1) is 11.8 Å². The van der Waals surface area contributed by atoms with Crippen LogP contribution in [0.25, 0.3) is 21.8 Å². The number of amides is 8. The number of hydrogen-bond donors (Lipinski definition) is 10. The first-order valence-electron chi connectivity index (χ1n) is 23.7. The van der Waals surface area contributed by atoms with Gasteiger partial charge in [0.1, 0.15) is 36.8 Å². The number of aromatic amines is 2. The lowest BCUT2D eigenvalue weighted by molar-refractivity contribution is -0.134. The van der Waals surface area contributed by atoms with Crippen molar-refractivity contribution in [1.29, 1.82) is 0 Å². The average Bonchev–Trinajstić information content (AvgIpc) is 3.95. The molecule has 0 bridgehead atoms. The second kappa shape index (κ2) is 25.1. The van der Waals surface area contributed by atoms with Crippen LogP contribution < -0.4 is 43.5 Å². The van der Waals surface area contributed by atoms with Crippen LogP contribution in [0.4, 0.5) is 4.79 Å². The molecule has 1 aliphatic rings. The molecule has 3 heterocycles. The Morgan fingerprint density at radius 3 is 1.86 bits per heavy atom. The molecule has 12 N–H and O–H groups in total. The zero-order chi connectivity index (χ0) is 50.2. The van der Waals surface area contributed by atoms with Crippen LogP contribution in [-0.4, -0.2) is 124 Å². The molecule has 0 spiro atoms. The van der Waals surface area contributed by atoms with Gasteiger partial charge in [-0.1, -0.05) is 85.5 Å². The van der Waals surface area contributed by atoms with Crippen molar-refractivity contribution < 1.29 is 33.6 Å². The number of nitrogens with two attached hydrogens (primary N) is 2. The maximum absolute atomic E-state index is 14.6. The van der Waals surface area contributed by atoms with E-state index < -0.39 is 77.7 Å². The Bertz CT molecular complexity index is 2690. The standard InChI is InChI=1S/C51H64N12O7/c1-4-23-62-24-13-12-22-41(45(53)64)57-49(68)42(27-34-16-6-5-7-17-34)59-50(69)43(28-35-30-54-39-20-10-8-18-37(35)39)58-47(66)33(3)56-48(67)44(29-36-31-55-40-21-11-9-19-38(36)40)60-51(70)63(26-15-14-25-62)61-46(65)32(2)52/h5-11,16-21,30-33,41-44,54-55H,4,12-13,22-29,52H2,1-3H3,(H2,53,64)(H,56,67)(H,57,68)(H,58,66)(H,59,69)(H,60,70)(H,61,65)/t32-,33+,41+,42-,43+,44-/m1/s1. The molecule has 6 atom stereocenters. The van der Waals surface area contributed by atoms with Crippen LogP contribution in [0.15, 0.2) is 91.3 Å². The topological polar surface area (TPSA) is 282 Å². The van der Waals surface area contributed by atoms with E-state index in [2.05, 4.69) is 58.7 Å². The van der Waals surface area contributed by atoms with Crippen LogP contribution in [-0.2, 0) is 48.0 Å². The Morgan fingerprint density at radius 2 is 1.24 bits per heavy atom. The predicted octanol–water partition coefficient (Wildman–Crippen LogP) is 1.78. The molecule has 370 valence electrons. The number of benzene rings is 3. The summed E-state index contributed by atoms with van der Waals surface area (Å²) in [5, 5.41) is 16.5. The summed E-state index contributed by atoms with van der Waals surface area (Å²) in [6, 6.07) is 16.0. The van der Waals surface area contributed by atoms with Gasteiger partial charge in [0.05, 0.1) is 12.6 Å². The van der Waals surface area contributed by atoms with E-state index in [0.717, 1.165) is 38.8 Å². The van der Waals surface area contributed by atoms with E-state index in [-0.39, 0.29) is 32.2 Å². The van der Waals surface area contributed by atoms with Crippen LogP contribution in [0.3, 0.4) is 0 Å². The van der Waals surface area contributed by atoms with E-state index in [1.54, 1.807) is 24.5 Å². The van der Waals surface area contributed by atoms with Crippen LogP contribution in [0.5, 0.6) is 0 Å². The molecule has 0 aliphatic carbocycles. The van der Waals surface area contributed by atoms with Gasteiger partial charge in [-0.05, 0) is 81.4 Å². The van der Waals surface area contributed by atoms with Gasteiger partial charge in [0.25, 0.3) is 5.91 Å². The molecule has 0 saturated heterocycles. The largest absolute Gasteiger partial charge is 0.368 e. The molecule has 6 rings (SSSR count). The summed E-state index contributed by atoms with van der Waals surface area (Å²) in [5.41, 5.74) is 17.9. The molecule has 5 aromatic rings. The third-order valence-electron chi connectivity index (χ3n) is 12.1. The molecule has 0 unspecified atom stereocenters. The molecule has 3 aromatic carbocycles. The van der Waals surface area contributed by atoms with Crippen molar-refractivity contribution in [3.05, 3.63) is 108 Å². The summed E-state index contributed by atoms with van der Waals surface area (Å²) in [6.45, 7) is 6.25. The first-order valence-corrected chi connectivity index (χ1v) is 23.7. The minimum atomic E-state index is -1.30. The van der Waals surface area contributed by atoms with E-state index in [1.807, 2.05) is 73.7 Å². The minimum absolute atomic E-state index is 0.0218. The van der Waals surface area contributed by atoms with Crippen molar-refractivity contribution >= 4 is 63.3 Å². The molecule has 1 aliphatic heterocycles. The normalized spacial score (nSPS) is 21.4. The van der Waals surface area contributed by atoms with Gasteiger partial charge in [0, 0.05) is 53.5 Å². The van der Waals surface area contributed by atoms with Gasteiger partial charge < -0.3 is 48.0 Å². The van der Waals surface area contributed by atoms with Gasteiger partial charge in [-0.15, -0.1) is 0 Å². The summed E-state index contributed by atoms with van der Waals surface area (Å²) in [6.07, 6.45) is 5.64. The second-order valence-corrected chi connectivity index (χ2v) is 17.6. The fraction of sp³-hybridized carbons (Fsp3) is 0.392. The Balaban J connectivity index is 1.35. The Morgan fingerprint density at radius 1 is 0.700 bits per heavy atom. The van der Waals surface area contributed by atoms with Crippen LogP contribution >= 0.6 is 0 Å². The van der Waals surface area contributed by atoms with E-state index in [0.29, 0.717) is 43.6 Å². The lowest BCUT2D eigenvalue weighted by Crippen LogP contribution is -2.60. The fourth-order valence-corrected chi connectivity index (χ4v) is 8.22. The molecule has 0 radical (unpaired) electrons. The SMILES string of the molecule is CCCN1CC#CCN(NC(=O)[C@@H](C)N)C(=O)N[C@H](Cc2c[nH]c3ccccc23)C(=O)N[C@@H](C)C(=O)N[C@@H](Cc2c[nH]c3ccccc23)C(=O)N[C@H](Cc2ccccc2)C(=O)N[C@H](C(N)=O)CCCC1. The molecule has 19 heteroatoms. The number of hydrazine groups is 1. The van der Waals surface area contributed by atoms with E-state index in [1.165, 1.54) is 13.8 Å². The van der Waals surface area contributed by atoms with E-state index >= 15 is 0 Å². The Kier molecular flexibility index (Phi) is 18.5. The number of rotatable bonds is 11. The van der Waals surface area contributed by atoms with Gasteiger partial charge >= 0.3 is 6.03 Å². The molecular weight excluding hydrogens is 893 g/mol. The smallest absolute Gasteiger partial charge is 0.337 e. The van der Waals surface area contributed by atoms with E-state index in [4.69, 9.17) is 11.5 Å².